The molecule has 0 aliphatic rings. The van der Waals surface area contributed by atoms with Crippen LogP contribution in [0.5, 0.6) is 5.75 Å². The number of nitrogens with zero attached hydrogens (tertiary/aromatic N) is 2. The van der Waals surface area contributed by atoms with Crippen molar-refractivity contribution in [1.82, 2.24) is 20.4 Å². The van der Waals surface area contributed by atoms with Crippen LogP contribution in [0.4, 0.5) is 0 Å². The van der Waals surface area contributed by atoms with E-state index in [0.717, 1.165) is 39.8 Å². The second-order valence-corrected chi connectivity index (χ2v) is 9.52. The van der Waals surface area contributed by atoms with E-state index < -0.39 is 0 Å². The average Bonchev–Trinajstić information content (AvgIpc) is 3.40. The second-order valence-electron chi connectivity index (χ2n) is 9.52. The second kappa shape index (κ2) is 12.9. The molecule has 38 heavy (non-hydrogen) atoms. The summed E-state index contributed by atoms with van der Waals surface area (Å²) in [4.78, 5) is 13.3. The van der Waals surface area contributed by atoms with Crippen LogP contribution in [0.2, 0.25) is 0 Å². The highest BCUT2D eigenvalue weighted by molar-refractivity contribution is 6.00. The van der Waals surface area contributed by atoms with Crippen molar-refractivity contribution in [2.75, 3.05) is 33.8 Å². The number of rotatable bonds is 11. The fourth-order valence-corrected chi connectivity index (χ4v) is 4.41. The predicted molar refractivity (Wildman–Crippen MR) is 156 cm³/mol. The lowest BCUT2D eigenvalue weighted by molar-refractivity contribution is -0.123. The first-order valence-corrected chi connectivity index (χ1v) is 13.0. The molecule has 0 radical (unpaired) electrons. The summed E-state index contributed by atoms with van der Waals surface area (Å²) in [7, 11) is 3.50. The number of aromatic nitrogens is 2. The highest BCUT2D eigenvalue weighted by Crippen LogP contribution is 2.36. The van der Waals surface area contributed by atoms with Crippen LogP contribution in [0.3, 0.4) is 0 Å². The van der Waals surface area contributed by atoms with Crippen molar-refractivity contribution in [3.8, 4) is 5.75 Å². The van der Waals surface area contributed by atoms with E-state index in [2.05, 4.69) is 83.1 Å². The molecule has 4 rings (SSSR count). The molecule has 0 bridgehead atoms. The van der Waals surface area contributed by atoms with Gasteiger partial charge in [-0.2, -0.15) is 5.10 Å². The van der Waals surface area contributed by atoms with Gasteiger partial charge in [-0.25, -0.2) is 0 Å². The number of amides is 1. The van der Waals surface area contributed by atoms with E-state index in [1.807, 2.05) is 25.3 Å². The molecule has 0 unspecified atom stereocenters. The van der Waals surface area contributed by atoms with Crippen molar-refractivity contribution in [2.24, 2.45) is 0 Å². The van der Waals surface area contributed by atoms with Crippen molar-refractivity contribution < 1.29 is 9.53 Å². The zero-order valence-corrected chi connectivity index (χ0v) is 22.6. The molecule has 1 heterocycles. The molecule has 0 atom stereocenters. The number of ether oxygens (including phenoxy) is 1. The number of H-pyrrole nitrogens is 1. The Morgan fingerprint density at radius 3 is 2.45 bits per heavy atom. The van der Waals surface area contributed by atoms with Crippen molar-refractivity contribution in [3.05, 3.63) is 107 Å². The molecule has 3 aromatic carbocycles. The Balaban J connectivity index is 1.50. The number of likely N-dealkylation sites (N-methyl/N-ethyl adjacent to an activating group) is 1. The summed E-state index contributed by atoms with van der Waals surface area (Å²) in [5.74, 6) is 0.824. The first-order chi connectivity index (χ1) is 18.5. The van der Waals surface area contributed by atoms with Gasteiger partial charge in [0.05, 0.1) is 11.7 Å². The van der Waals surface area contributed by atoms with Crippen LogP contribution in [0.25, 0.3) is 22.0 Å². The van der Waals surface area contributed by atoms with Gasteiger partial charge in [0.25, 0.3) is 0 Å². The Bertz CT molecular complexity index is 1420. The summed E-state index contributed by atoms with van der Waals surface area (Å²) in [5, 5.41) is 11.7. The Kier molecular flexibility index (Phi) is 9.11. The number of benzene rings is 3. The number of nitrogens with one attached hydrogen (secondary N) is 2. The quantitative estimate of drug-likeness (QED) is 0.150. The van der Waals surface area contributed by atoms with Crippen LogP contribution in [0.1, 0.15) is 37.0 Å². The van der Waals surface area contributed by atoms with E-state index in [1.165, 1.54) is 16.7 Å². The Morgan fingerprint density at radius 1 is 1.00 bits per heavy atom. The molecule has 1 aromatic heterocycles. The number of hydrogen-bond donors (Lipinski definition) is 2. The van der Waals surface area contributed by atoms with E-state index in [-0.39, 0.29) is 5.91 Å². The topological polar surface area (TPSA) is 70.2 Å². The monoisotopic (exact) mass is 508 g/mol. The minimum atomic E-state index is -0.00256. The van der Waals surface area contributed by atoms with Crippen LogP contribution in [-0.2, 0) is 4.79 Å². The van der Waals surface area contributed by atoms with Gasteiger partial charge in [0.15, 0.2) is 0 Å². The SMILES string of the molecule is CCC(=C(c1ccc(OCCNCC(C)=CC(=O)N(C)C)cc1)c1ccc2[nH]ncc2c1)c1ccccc1. The summed E-state index contributed by atoms with van der Waals surface area (Å²) in [5.41, 5.74) is 8.05. The van der Waals surface area contributed by atoms with Crippen LogP contribution in [-0.4, -0.2) is 54.8 Å². The third kappa shape index (κ3) is 6.78. The number of fused-ring (bicyclic) bond motifs is 1. The Hall–Kier alpha value is -4.16. The predicted octanol–water partition coefficient (Wildman–Crippen LogP) is 5.93. The molecular weight excluding hydrogens is 472 g/mol. The van der Waals surface area contributed by atoms with Gasteiger partial charge in [-0.3, -0.25) is 9.89 Å². The fourth-order valence-electron chi connectivity index (χ4n) is 4.41. The van der Waals surface area contributed by atoms with Crippen LogP contribution >= 0.6 is 0 Å². The molecule has 0 aliphatic heterocycles. The maximum Gasteiger partial charge on any atom is 0.246 e. The third-order valence-corrected chi connectivity index (χ3v) is 6.41. The van der Waals surface area contributed by atoms with E-state index in [1.54, 1.807) is 25.1 Å². The van der Waals surface area contributed by atoms with Gasteiger partial charge < -0.3 is 15.0 Å². The number of carbonyl (C=O) groups excluding carboxylic acids is 1. The molecule has 4 aromatic rings. The lowest BCUT2D eigenvalue weighted by Crippen LogP contribution is -2.24. The average molecular weight is 509 g/mol. The van der Waals surface area contributed by atoms with Crippen LogP contribution in [0.15, 0.2) is 90.6 Å². The standard InChI is InChI=1S/C32H36N4O2/c1-5-29(24-9-7-6-8-10-24)32(26-13-16-30-27(20-26)22-34-35-30)25-11-14-28(15-12-25)38-18-17-33-21-23(2)19-31(37)36(3)4/h6-16,19-20,22,33H,5,17-18,21H2,1-4H3,(H,34,35). The zero-order chi connectivity index (χ0) is 26.9. The smallest absolute Gasteiger partial charge is 0.246 e. The molecule has 0 saturated carbocycles. The molecule has 0 spiro atoms. The lowest BCUT2D eigenvalue weighted by Gasteiger charge is -2.17. The molecule has 0 aliphatic carbocycles. The lowest BCUT2D eigenvalue weighted by atomic mass is 9.88. The molecule has 6 nitrogen and oxygen atoms in total. The number of hydrogen-bond acceptors (Lipinski definition) is 4. The van der Waals surface area contributed by atoms with E-state index >= 15 is 0 Å². The minimum Gasteiger partial charge on any atom is -0.492 e. The normalized spacial score (nSPS) is 12.4. The first kappa shape index (κ1) is 26.9. The van der Waals surface area contributed by atoms with Gasteiger partial charge in [0.2, 0.25) is 5.91 Å². The molecule has 6 heteroatoms. The number of carbonyl (C=O) groups is 1. The molecular formula is C32H36N4O2. The van der Waals surface area contributed by atoms with Gasteiger partial charge in [0, 0.05) is 38.6 Å². The van der Waals surface area contributed by atoms with Gasteiger partial charge in [-0.05, 0) is 65.4 Å². The number of allylic oxidation sites excluding steroid dienone is 1. The summed E-state index contributed by atoms with van der Waals surface area (Å²) in [6.45, 7) is 6.03. The highest BCUT2D eigenvalue weighted by atomic mass is 16.5. The van der Waals surface area contributed by atoms with Gasteiger partial charge in [-0.15, -0.1) is 0 Å². The van der Waals surface area contributed by atoms with Gasteiger partial charge in [-0.1, -0.05) is 61.0 Å². The van der Waals surface area contributed by atoms with Crippen molar-refractivity contribution >= 4 is 28.0 Å². The van der Waals surface area contributed by atoms with Crippen LogP contribution in [0, 0.1) is 0 Å². The summed E-state index contributed by atoms with van der Waals surface area (Å²) >= 11 is 0. The van der Waals surface area contributed by atoms with Crippen molar-refractivity contribution in [1.29, 1.82) is 0 Å². The van der Waals surface area contributed by atoms with Crippen molar-refractivity contribution in [2.45, 2.75) is 20.3 Å². The van der Waals surface area contributed by atoms with E-state index in [9.17, 15) is 4.79 Å². The molecule has 0 saturated heterocycles. The molecule has 196 valence electrons. The zero-order valence-electron chi connectivity index (χ0n) is 22.6. The summed E-state index contributed by atoms with van der Waals surface area (Å²) < 4.78 is 5.98. The third-order valence-electron chi connectivity index (χ3n) is 6.41. The molecule has 0 fully saturated rings. The Morgan fingerprint density at radius 2 is 1.74 bits per heavy atom. The maximum atomic E-state index is 11.8. The summed E-state index contributed by atoms with van der Waals surface area (Å²) in [6, 6.07) is 25.4. The molecule has 1 amide bonds. The summed E-state index contributed by atoms with van der Waals surface area (Å²) in [6.07, 6.45) is 4.43. The Labute approximate surface area is 225 Å². The van der Waals surface area contributed by atoms with E-state index in [4.69, 9.17) is 4.74 Å². The minimum absolute atomic E-state index is 0.00256. The first-order valence-electron chi connectivity index (χ1n) is 13.0. The molecule has 2 N–H and O–H groups in total. The maximum absolute atomic E-state index is 11.8. The highest BCUT2D eigenvalue weighted by Gasteiger charge is 2.14. The fraction of sp³-hybridized carbons (Fsp3) is 0.250. The largest absolute Gasteiger partial charge is 0.492 e. The van der Waals surface area contributed by atoms with Crippen LogP contribution < -0.4 is 10.1 Å². The van der Waals surface area contributed by atoms with Gasteiger partial charge >= 0.3 is 0 Å². The van der Waals surface area contributed by atoms with Crippen molar-refractivity contribution in [3.63, 3.8) is 0 Å². The van der Waals surface area contributed by atoms with E-state index in [0.29, 0.717) is 19.7 Å². The van der Waals surface area contributed by atoms with Gasteiger partial charge in [0.1, 0.15) is 12.4 Å². The number of aromatic amines is 1.